The van der Waals surface area contributed by atoms with Crippen LogP contribution in [0.15, 0.2) is 24.3 Å². The number of ether oxygens (including phenoxy) is 2. The Kier molecular flexibility index (Phi) is 5.38. The molecule has 1 aromatic rings. The van der Waals surface area contributed by atoms with Crippen LogP contribution in [0, 0.1) is 0 Å². The summed E-state index contributed by atoms with van der Waals surface area (Å²) in [5.74, 6) is 0.830. The van der Waals surface area contributed by atoms with Gasteiger partial charge in [0.25, 0.3) is 0 Å². The smallest absolute Gasteiger partial charge is 0.328 e. The Bertz CT molecular complexity index is 425. The Morgan fingerprint density at radius 3 is 2.45 bits per heavy atom. The lowest BCUT2D eigenvalue weighted by molar-refractivity contribution is -0.135. The van der Waals surface area contributed by atoms with Crippen molar-refractivity contribution in [3.63, 3.8) is 0 Å². The van der Waals surface area contributed by atoms with Crippen molar-refractivity contribution in [3.05, 3.63) is 24.3 Å². The van der Waals surface area contributed by atoms with Crippen LogP contribution in [0.2, 0.25) is 0 Å². The fourth-order valence-electron chi connectivity index (χ4n) is 2.11. The summed E-state index contributed by atoms with van der Waals surface area (Å²) in [6.45, 7) is 5.59. The van der Waals surface area contributed by atoms with Crippen molar-refractivity contribution in [2.45, 2.75) is 25.8 Å². The quantitative estimate of drug-likeness (QED) is 0.629. The molecular formula is C15H22N2O3. The lowest BCUT2D eigenvalue weighted by Gasteiger charge is -2.15. The summed E-state index contributed by atoms with van der Waals surface area (Å²) in [6, 6.07) is 6.41. The van der Waals surface area contributed by atoms with Gasteiger partial charge in [0.15, 0.2) is 0 Å². The SMILES string of the molecule is CC(N)C(=O)Oc1ccc(OCCN2CCCC2)cc1. The van der Waals surface area contributed by atoms with Crippen molar-refractivity contribution in [2.75, 3.05) is 26.2 Å². The highest BCUT2D eigenvalue weighted by atomic mass is 16.5. The van der Waals surface area contributed by atoms with E-state index in [2.05, 4.69) is 4.90 Å². The van der Waals surface area contributed by atoms with Crippen LogP contribution < -0.4 is 15.2 Å². The first-order chi connectivity index (χ1) is 9.65. The molecule has 5 heteroatoms. The number of esters is 1. The minimum atomic E-state index is -0.619. The van der Waals surface area contributed by atoms with Crippen molar-refractivity contribution in [2.24, 2.45) is 5.73 Å². The highest BCUT2D eigenvalue weighted by Gasteiger charge is 2.11. The summed E-state index contributed by atoms with van der Waals surface area (Å²) in [5, 5.41) is 0. The van der Waals surface area contributed by atoms with E-state index in [0.29, 0.717) is 12.4 Å². The average molecular weight is 278 g/mol. The first-order valence-corrected chi connectivity index (χ1v) is 7.07. The van der Waals surface area contributed by atoms with E-state index in [4.69, 9.17) is 15.2 Å². The van der Waals surface area contributed by atoms with Gasteiger partial charge in [0.2, 0.25) is 0 Å². The lowest BCUT2D eigenvalue weighted by Crippen LogP contribution is -2.30. The molecule has 1 aliphatic heterocycles. The third-order valence-electron chi connectivity index (χ3n) is 3.29. The van der Waals surface area contributed by atoms with Gasteiger partial charge < -0.3 is 15.2 Å². The van der Waals surface area contributed by atoms with Crippen molar-refractivity contribution in [1.82, 2.24) is 4.90 Å². The maximum absolute atomic E-state index is 11.3. The minimum absolute atomic E-state index is 0.437. The van der Waals surface area contributed by atoms with Gasteiger partial charge in [0.1, 0.15) is 24.1 Å². The Morgan fingerprint density at radius 2 is 1.85 bits per heavy atom. The molecule has 1 saturated heterocycles. The van der Waals surface area contributed by atoms with Gasteiger partial charge in [-0.15, -0.1) is 0 Å². The second kappa shape index (κ2) is 7.26. The molecule has 1 aromatic carbocycles. The molecule has 1 heterocycles. The van der Waals surface area contributed by atoms with Gasteiger partial charge in [-0.1, -0.05) is 0 Å². The Morgan fingerprint density at radius 1 is 1.25 bits per heavy atom. The molecule has 0 radical (unpaired) electrons. The molecule has 0 bridgehead atoms. The molecule has 1 atom stereocenters. The fraction of sp³-hybridized carbons (Fsp3) is 0.533. The number of nitrogens with two attached hydrogens (primary N) is 1. The van der Waals surface area contributed by atoms with Crippen molar-refractivity contribution in [1.29, 1.82) is 0 Å². The topological polar surface area (TPSA) is 64.8 Å². The average Bonchev–Trinajstić information content (AvgIpc) is 2.94. The van der Waals surface area contributed by atoms with E-state index in [1.807, 2.05) is 0 Å². The number of carbonyl (C=O) groups is 1. The highest BCUT2D eigenvalue weighted by Crippen LogP contribution is 2.18. The molecule has 0 amide bonds. The highest BCUT2D eigenvalue weighted by molar-refractivity contribution is 5.77. The molecule has 5 nitrogen and oxygen atoms in total. The summed E-state index contributed by atoms with van der Waals surface area (Å²) < 4.78 is 10.8. The summed E-state index contributed by atoms with van der Waals surface area (Å²) >= 11 is 0. The van der Waals surface area contributed by atoms with Crippen molar-refractivity contribution >= 4 is 5.97 Å². The minimum Gasteiger partial charge on any atom is -0.492 e. The Balaban J connectivity index is 1.74. The van der Waals surface area contributed by atoms with Crippen LogP contribution in [0.4, 0.5) is 0 Å². The second-order valence-corrected chi connectivity index (χ2v) is 5.08. The van der Waals surface area contributed by atoms with Gasteiger partial charge >= 0.3 is 5.97 Å². The van der Waals surface area contributed by atoms with Crippen LogP contribution in [0.5, 0.6) is 11.5 Å². The summed E-state index contributed by atoms with van der Waals surface area (Å²) in [5.41, 5.74) is 5.44. The normalized spacial score (nSPS) is 16.9. The third kappa shape index (κ3) is 4.51. The van der Waals surface area contributed by atoms with Crippen molar-refractivity contribution in [3.8, 4) is 11.5 Å². The molecule has 0 aliphatic carbocycles. The number of carbonyl (C=O) groups excluding carboxylic acids is 1. The molecule has 1 unspecified atom stereocenters. The number of hydrogen-bond donors (Lipinski definition) is 1. The molecule has 0 saturated carbocycles. The number of hydrogen-bond acceptors (Lipinski definition) is 5. The summed E-state index contributed by atoms with van der Waals surface area (Å²) in [7, 11) is 0. The Labute approximate surface area is 119 Å². The predicted molar refractivity (Wildman–Crippen MR) is 76.9 cm³/mol. The Hall–Kier alpha value is -1.59. The zero-order valence-corrected chi connectivity index (χ0v) is 11.9. The standard InChI is InChI=1S/C15H22N2O3/c1-12(16)15(18)20-14-6-4-13(5-7-14)19-11-10-17-8-2-3-9-17/h4-7,12H,2-3,8-11,16H2,1H3. The number of likely N-dealkylation sites (tertiary alicyclic amines) is 1. The van der Waals surface area contributed by atoms with Crippen LogP contribution in [0.25, 0.3) is 0 Å². The van der Waals surface area contributed by atoms with Gasteiger partial charge in [0, 0.05) is 6.54 Å². The zero-order chi connectivity index (χ0) is 14.4. The van der Waals surface area contributed by atoms with Gasteiger partial charge in [-0.3, -0.25) is 4.90 Å². The first kappa shape index (κ1) is 14.8. The molecule has 0 spiro atoms. The van der Waals surface area contributed by atoms with Gasteiger partial charge in [-0.2, -0.15) is 0 Å². The maximum Gasteiger partial charge on any atom is 0.328 e. The summed E-state index contributed by atoms with van der Waals surface area (Å²) in [4.78, 5) is 13.7. The largest absolute Gasteiger partial charge is 0.492 e. The molecule has 20 heavy (non-hydrogen) atoms. The van der Waals surface area contributed by atoms with E-state index < -0.39 is 12.0 Å². The molecule has 110 valence electrons. The monoisotopic (exact) mass is 278 g/mol. The van der Waals surface area contributed by atoms with E-state index in [1.54, 1.807) is 31.2 Å². The fourth-order valence-corrected chi connectivity index (χ4v) is 2.11. The van der Waals surface area contributed by atoms with Crippen molar-refractivity contribution < 1.29 is 14.3 Å². The number of nitrogens with zero attached hydrogens (tertiary/aromatic N) is 1. The molecule has 2 rings (SSSR count). The third-order valence-corrected chi connectivity index (χ3v) is 3.29. The molecule has 1 aliphatic rings. The van der Waals surface area contributed by atoms with Crippen LogP contribution >= 0.6 is 0 Å². The van der Waals surface area contributed by atoms with E-state index in [1.165, 1.54) is 25.9 Å². The molecule has 1 fully saturated rings. The predicted octanol–water partition coefficient (Wildman–Crippen LogP) is 1.41. The lowest BCUT2D eigenvalue weighted by atomic mass is 10.3. The van der Waals surface area contributed by atoms with Gasteiger partial charge in [-0.05, 0) is 57.1 Å². The zero-order valence-electron chi connectivity index (χ0n) is 11.9. The number of rotatable bonds is 6. The maximum atomic E-state index is 11.3. The molecular weight excluding hydrogens is 256 g/mol. The van der Waals surface area contributed by atoms with Gasteiger partial charge in [0.05, 0.1) is 0 Å². The van der Waals surface area contributed by atoms with E-state index >= 15 is 0 Å². The second-order valence-electron chi connectivity index (χ2n) is 5.08. The van der Waals surface area contributed by atoms with Crippen LogP contribution in [0.3, 0.4) is 0 Å². The van der Waals surface area contributed by atoms with E-state index in [9.17, 15) is 4.79 Å². The van der Waals surface area contributed by atoms with Crippen LogP contribution in [-0.2, 0) is 4.79 Å². The van der Waals surface area contributed by atoms with E-state index in [0.717, 1.165) is 12.3 Å². The first-order valence-electron chi connectivity index (χ1n) is 7.07. The van der Waals surface area contributed by atoms with Crippen LogP contribution in [0.1, 0.15) is 19.8 Å². The van der Waals surface area contributed by atoms with E-state index in [-0.39, 0.29) is 0 Å². The molecule has 0 aromatic heterocycles. The molecule has 2 N–H and O–H groups in total. The van der Waals surface area contributed by atoms with Gasteiger partial charge in [-0.25, -0.2) is 4.79 Å². The number of benzene rings is 1. The van der Waals surface area contributed by atoms with Crippen LogP contribution in [-0.4, -0.2) is 43.2 Å². The summed E-state index contributed by atoms with van der Waals surface area (Å²) in [6.07, 6.45) is 2.58.